The molecule has 0 bridgehead atoms. The highest BCUT2D eigenvalue weighted by molar-refractivity contribution is 7.99. The predicted molar refractivity (Wildman–Crippen MR) is 103 cm³/mol. The second-order valence-electron chi connectivity index (χ2n) is 5.95. The number of fused-ring (bicyclic) bond motifs is 1. The highest BCUT2D eigenvalue weighted by atomic mass is 32.2. The molecule has 4 aromatic rings. The van der Waals surface area contributed by atoms with Crippen molar-refractivity contribution in [3.63, 3.8) is 0 Å². The molecule has 0 spiro atoms. The standard InChI is InChI=1S/C18H16N6O3S/c1-11(14-7-4-8-27-14)21-15(25)9-28-18-22-13-6-3-2-5-12(13)16(26)24(18)17-19-10-20-23-17/h2-8,10-11H,9H2,1H3,(H,21,25)(H,19,20,23)/t11-/m0/s1. The van der Waals surface area contributed by atoms with Gasteiger partial charge in [-0.3, -0.25) is 9.59 Å². The van der Waals surface area contributed by atoms with E-state index in [-0.39, 0.29) is 29.2 Å². The number of H-pyrrole nitrogens is 1. The Balaban J connectivity index is 1.60. The van der Waals surface area contributed by atoms with Gasteiger partial charge in [-0.15, -0.1) is 0 Å². The highest BCUT2D eigenvalue weighted by Gasteiger charge is 2.17. The van der Waals surface area contributed by atoms with E-state index in [2.05, 4.69) is 25.5 Å². The number of benzene rings is 1. The van der Waals surface area contributed by atoms with Crippen LogP contribution in [0.2, 0.25) is 0 Å². The molecule has 9 nitrogen and oxygen atoms in total. The Bertz CT molecular complexity index is 1150. The highest BCUT2D eigenvalue weighted by Crippen LogP contribution is 2.20. The lowest BCUT2D eigenvalue weighted by atomic mass is 10.2. The van der Waals surface area contributed by atoms with Gasteiger partial charge in [0.15, 0.2) is 5.16 Å². The number of aromatic amines is 1. The van der Waals surface area contributed by atoms with E-state index in [1.807, 2.05) is 6.92 Å². The fourth-order valence-corrected chi connectivity index (χ4v) is 3.53. The van der Waals surface area contributed by atoms with E-state index in [1.165, 1.54) is 10.9 Å². The lowest BCUT2D eigenvalue weighted by molar-refractivity contribution is -0.119. The molecule has 2 N–H and O–H groups in total. The summed E-state index contributed by atoms with van der Waals surface area (Å²) in [5, 5.41) is 10.1. The first kappa shape index (κ1) is 18.0. The average molecular weight is 396 g/mol. The van der Waals surface area contributed by atoms with E-state index in [1.54, 1.807) is 42.7 Å². The maximum atomic E-state index is 12.9. The lowest BCUT2D eigenvalue weighted by Crippen LogP contribution is -2.29. The van der Waals surface area contributed by atoms with E-state index >= 15 is 0 Å². The van der Waals surface area contributed by atoms with Crippen LogP contribution in [0, 0.1) is 0 Å². The predicted octanol–water partition coefficient (Wildman–Crippen LogP) is 2.07. The van der Waals surface area contributed by atoms with Gasteiger partial charge < -0.3 is 9.73 Å². The van der Waals surface area contributed by atoms with Crippen molar-refractivity contribution in [2.24, 2.45) is 0 Å². The summed E-state index contributed by atoms with van der Waals surface area (Å²) in [5.41, 5.74) is 0.268. The van der Waals surface area contributed by atoms with Crippen molar-refractivity contribution < 1.29 is 9.21 Å². The number of nitrogens with one attached hydrogen (secondary N) is 2. The summed E-state index contributed by atoms with van der Waals surface area (Å²) in [5.74, 6) is 0.778. The van der Waals surface area contributed by atoms with Crippen LogP contribution >= 0.6 is 11.8 Å². The molecule has 0 aliphatic heterocycles. The van der Waals surface area contributed by atoms with Crippen LogP contribution in [0.15, 0.2) is 63.4 Å². The summed E-state index contributed by atoms with van der Waals surface area (Å²) in [7, 11) is 0. The van der Waals surface area contributed by atoms with Crippen molar-refractivity contribution in [2.45, 2.75) is 18.1 Å². The van der Waals surface area contributed by atoms with Crippen LogP contribution in [-0.4, -0.2) is 36.4 Å². The molecule has 1 amide bonds. The first-order valence-corrected chi connectivity index (χ1v) is 9.45. The van der Waals surface area contributed by atoms with Gasteiger partial charge in [0, 0.05) is 0 Å². The van der Waals surface area contributed by atoms with Crippen LogP contribution in [0.4, 0.5) is 0 Å². The van der Waals surface area contributed by atoms with Crippen LogP contribution in [0.5, 0.6) is 0 Å². The van der Waals surface area contributed by atoms with E-state index in [0.717, 1.165) is 11.8 Å². The Morgan fingerprint density at radius 1 is 1.32 bits per heavy atom. The van der Waals surface area contributed by atoms with Crippen LogP contribution in [-0.2, 0) is 4.79 Å². The zero-order valence-corrected chi connectivity index (χ0v) is 15.6. The molecule has 3 heterocycles. The van der Waals surface area contributed by atoms with Crippen LogP contribution < -0.4 is 10.9 Å². The second-order valence-corrected chi connectivity index (χ2v) is 6.90. The molecule has 10 heteroatoms. The maximum absolute atomic E-state index is 12.9. The van der Waals surface area contributed by atoms with Gasteiger partial charge in [0.1, 0.15) is 12.1 Å². The molecule has 0 unspecified atom stereocenters. The van der Waals surface area contributed by atoms with E-state index in [4.69, 9.17) is 4.42 Å². The van der Waals surface area contributed by atoms with Gasteiger partial charge in [0.2, 0.25) is 11.9 Å². The molecule has 0 aliphatic rings. The summed E-state index contributed by atoms with van der Waals surface area (Å²) in [6.45, 7) is 1.83. The first-order chi connectivity index (χ1) is 13.6. The monoisotopic (exact) mass is 396 g/mol. The first-order valence-electron chi connectivity index (χ1n) is 8.46. The minimum absolute atomic E-state index is 0.0734. The molecule has 142 valence electrons. The van der Waals surface area contributed by atoms with Crippen molar-refractivity contribution in [1.82, 2.24) is 30.0 Å². The van der Waals surface area contributed by atoms with Crippen molar-refractivity contribution in [3.8, 4) is 5.95 Å². The third-order valence-electron chi connectivity index (χ3n) is 4.04. The Labute approximate surface area is 163 Å². The minimum Gasteiger partial charge on any atom is -0.467 e. The molecule has 0 saturated carbocycles. The number of nitrogens with zero attached hydrogens (tertiary/aromatic N) is 4. The third kappa shape index (κ3) is 3.54. The SMILES string of the molecule is C[C@H](NC(=O)CSc1nc2ccccc2c(=O)n1-c1ncn[nH]1)c1ccco1. The lowest BCUT2D eigenvalue weighted by Gasteiger charge is -2.13. The Kier molecular flexibility index (Phi) is 4.94. The molecule has 1 atom stereocenters. The van der Waals surface area contributed by atoms with Gasteiger partial charge in [-0.25, -0.2) is 14.6 Å². The second kappa shape index (κ2) is 7.69. The number of para-hydroxylation sites is 1. The molecule has 0 fully saturated rings. The van der Waals surface area contributed by atoms with Gasteiger partial charge in [-0.05, 0) is 31.2 Å². The summed E-state index contributed by atoms with van der Waals surface area (Å²) >= 11 is 1.14. The number of furan rings is 1. The quantitative estimate of drug-likeness (QED) is 0.378. The number of carbonyl (C=O) groups excluding carboxylic acids is 1. The number of hydrogen-bond donors (Lipinski definition) is 2. The van der Waals surface area contributed by atoms with E-state index in [9.17, 15) is 9.59 Å². The summed E-state index contributed by atoms with van der Waals surface area (Å²) in [6.07, 6.45) is 2.87. The molecule has 0 radical (unpaired) electrons. The molecular formula is C18H16N6O3S. The zero-order valence-electron chi connectivity index (χ0n) is 14.8. The number of hydrogen-bond acceptors (Lipinski definition) is 7. The van der Waals surface area contributed by atoms with Gasteiger partial charge >= 0.3 is 0 Å². The maximum Gasteiger partial charge on any atom is 0.269 e. The Morgan fingerprint density at radius 2 is 2.18 bits per heavy atom. The van der Waals surface area contributed by atoms with Gasteiger partial charge in [0.25, 0.3) is 5.56 Å². The molecule has 1 aromatic carbocycles. The number of aromatic nitrogens is 5. The molecule has 28 heavy (non-hydrogen) atoms. The molecule has 4 rings (SSSR count). The molecule has 0 saturated heterocycles. The van der Waals surface area contributed by atoms with Crippen LogP contribution in [0.25, 0.3) is 16.9 Å². The topological polar surface area (TPSA) is 119 Å². The number of carbonyl (C=O) groups is 1. The normalized spacial score (nSPS) is 12.2. The van der Waals surface area contributed by atoms with Crippen molar-refractivity contribution in [3.05, 3.63) is 65.1 Å². The summed E-state index contributed by atoms with van der Waals surface area (Å²) < 4.78 is 6.61. The molecule has 0 aliphatic carbocycles. The average Bonchev–Trinajstić information content (AvgIpc) is 3.40. The summed E-state index contributed by atoms with van der Waals surface area (Å²) in [6, 6.07) is 10.3. The number of thioether (sulfide) groups is 1. The van der Waals surface area contributed by atoms with E-state index in [0.29, 0.717) is 21.8 Å². The fraction of sp³-hybridized carbons (Fsp3) is 0.167. The molecular weight excluding hydrogens is 380 g/mol. The molecule has 3 aromatic heterocycles. The van der Waals surface area contributed by atoms with Crippen molar-refractivity contribution >= 4 is 28.6 Å². The largest absolute Gasteiger partial charge is 0.467 e. The Morgan fingerprint density at radius 3 is 2.93 bits per heavy atom. The van der Waals surface area contributed by atoms with Gasteiger partial charge in [-0.2, -0.15) is 10.1 Å². The van der Waals surface area contributed by atoms with Crippen molar-refractivity contribution in [1.29, 1.82) is 0 Å². The number of amides is 1. The van der Waals surface area contributed by atoms with Gasteiger partial charge in [-0.1, -0.05) is 23.9 Å². The number of rotatable bonds is 6. The van der Waals surface area contributed by atoms with Gasteiger partial charge in [0.05, 0.1) is 29.0 Å². The van der Waals surface area contributed by atoms with E-state index < -0.39 is 0 Å². The zero-order chi connectivity index (χ0) is 19.5. The summed E-state index contributed by atoms with van der Waals surface area (Å²) in [4.78, 5) is 33.9. The van der Waals surface area contributed by atoms with Crippen molar-refractivity contribution in [2.75, 3.05) is 5.75 Å². The van der Waals surface area contributed by atoms with Crippen LogP contribution in [0.1, 0.15) is 18.7 Å². The smallest absolute Gasteiger partial charge is 0.269 e. The minimum atomic E-state index is -0.283. The fourth-order valence-electron chi connectivity index (χ4n) is 2.72. The Hall–Kier alpha value is -3.40. The van der Waals surface area contributed by atoms with Crippen LogP contribution in [0.3, 0.4) is 0 Å². The third-order valence-corrected chi connectivity index (χ3v) is 4.98.